The summed E-state index contributed by atoms with van der Waals surface area (Å²) in [6, 6.07) is 11.6. The third kappa shape index (κ3) is 2.87. The molecule has 0 aromatic heterocycles. The van der Waals surface area contributed by atoms with Crippen molar-refractivity contribution in [2.45, 2.75) is 32.4 Å². The van der Waals surface area contributed by atoms with Crippen molar-refractivity contribution in [2.75, 3.05) is 6.61 Å². The largest absolute Gasteiger partial charge is 0.493 e. The van der Waals surface area contributed by atoms with Gasteiger partial charge in [-0.3, -0.25) is 19.3 Å². The molecule has 0 unspecified atom stereocenters. The molecule has 0 bridgehead atoms. The van der Waals surface area contributed by atoms with Crippen LogP contribution in [0, 0.1) is 6.92 Å². The molecule has 138 valence electrons. The summed E-state index contributed by atoms with van der Waals surface area (Å²) in [5.74, 6) is -0.459. The highest BCUT2D eigenvalue weighted by Gasteiger charge is 2.41. The summed E-state index contributed by atoms with van der Waals surface area (Å²) in [5, 5.41) is 2.97. The van der Waals surface area contributed by atoms with E-state index >= 15 is 0 Å². The SMILES string of the molecule is Cc1ccc2c(c1)C(=O)N([C@@H](C)C(=O)N[C@H]1CCOc3ccccc31)C2=O. The van der Waals surface area contributed by atoms with Crippen molar-refractivity contribution in [1.29, 1.82) is 0 Å². The molecule has 6 nitrogen and oxygen atoms in total. The van der Waals surface area contributed by atoms with Crippen molar-refractivity contribution in [3.63, 3.8) is 0 Å². The average Bonchev–Trinajstić information content (AvgIpc) is 2.91. The first-order valence-electron chi connectivity index (χ1n) is 8.98. The summed E-state index contributed by atoms with van der Waals surface area (Å²) in [6.07, 6.45) is 0.636. The molecule has 0 fully saturated rings. The van der Waals surface area contributed by atoms with Crippen LogP contribution in [0.2, 0.25) is 0 Å². The topological polar surface area (TPSA) is 75.7 Å². The van der Waals surface area contributed by atoms with E-state index in [1.165, 1.54) is 0 Å². The summed E-state index contributed by atoms with van der Waals surface area (Å²) in [7, 11) is 0. The molecule has 0 saturated heterocycles. The lowest BCUT2D eigenvalue weighted by Crippen LogP contribution is -2.49. The van der Waals surface area contributed by atoms with E-state index in [1.54, 1.807) is 25.1 Å². The third-order valence-corrected chi connectivity index (χ3v) is 5.12. The van der Waals surface area contributed by atoms with Gasteiger partial charge in [-0.2, -0.15) is 0 Å². The van der Waals surface area contributed by atoms with Crippen LogP contribution in [0.3, 0.4) is 0 Å². The Hall–Kier alpha value is -3.15. The van der Waals surface area contributed by atoms with Crippen LogP contribution in [0.5, 0.6) is 5.75 Å². The van der Waals surface area contributed by atoms with E-state index in [-0.39, 0.29) is 11.9 Å². The summed E-state index contributed by atoms with van der Waals surface area (Å²) in [6.45, 7) is 3.94. The molecule has 2 atom stereocenters. The molecule has 6 heteroatoms. The van der Waals surface area contributed by atoms with Gasteiger partial charge in [-0.25, -0.2) is 0 Å². The summed E-state index contributed by atoms with van der Waals surface area (Å²) < 4.78 is 5.61. The van der Waals surface area contributed by atoms with Crippen LogP contribution in [0.15, 0.2) is 42.5 Å². The van der Waals surface area contributed by atoms with Crippen molar-refractivity contribution in [3.8, 4) is 5.75 Å². The molecule has 0 spiro atoms. The van der Waals surface area contributed by atoms with Crippen molar-refractivity contribution in [3.05, 3.63) is 64.7 Å². The lowest BCUT2D eigenvalue weighted by molar-refractivity contribution is -0.125. The van der Waals surface area contributed by atoms with Crippen LogP contribution in [0.4, 0.5) is 0 Å². The fourth-order valence-electron chi connectivity index (χ4n) is 3.63. The van der Waals surface area contributed by atoms with Gasteiger partial charge in [0.05, 0.1) is 23.8 Å². The Morgan fingerprint density at radius 3 is 2.70 bits per heavy atom. The van der Waals surface area contributed by atoms with Gasteiger partial charge in [0, 0.05) is 12.0 Å². The first kappa shape index (κ1) is 17.3. The average molecular weight is 364 g/mol. The van der Waals surface area contributed by atoms with Crippen LogP contribution in [0.1, 0.15) is 51.2 Å². The molecule has 2 aliphatic rings. The quantitative estimate of drug-likeness (QED) is 0.850. The highest BCUT2D eigenvalue weighted by molar-refractivity contribution is 6.22. The van der Waals surface area contributed by atoms with Crippen LogP contribution >= 0.6 is 0 Å². The van der Waals surface area contributed by atoms with E-state index in [1.807, 2.05) is 31.2 Å². The number of aryl methyl sites for hydroxylation is 1. The van der Waals surface area contributed by atoms with Gasteiger partial charge in [0.1, 0.15) is 11.8 Å². The first-order chi connectivity index (χ1) is 13.0. The predicted octanol–water partition coefficient (Wildman–Crippen LogP) is 2.62. The fraction of sp³-hybridized carbons (Fsp3) is 0.286. The third-order valence-electron chi connectivity index (χ3n) is 5.12. The minimum absolute atomic E-state index is 0.206. The summed E-state index contributed by atoms with van der Waals surface area (Å²) in [4.78, 5) is 39.2. The molecule has 2 aromatic rings. The van der Waals surface area contributed by atoms with Crippen molar-refractivity contribution in [1.82, 2.24) is 10.2 Å². The Balaban J connectivity index is 1.54. The predicted molar refractivity (Wildman–Crippen MR) is 98.6 cm³/mol. The zero-order valence-electron chi connectivity index (χ0n) is 15.2. The second-order valence-electron chi connectivity index (χ2n) is 6.94. The van der Waals surface area contributed by atoms with Gasteiger partial charge < -0.3 is 10.1 Å². The molecule has 27 heavy (non-hydrogen) atoms. The molecule has 2 aromatic carbocycles. The van der Waals surface area contributed by atoms with Crippen molar-refractivity contribution in [2.24, 2.45) is 0 Å². The minimum atomic E-state index is -0.896. The number of rotatable bonds is 3. The Kier molecular flexibility index (Phi) is 4.18. The number of hydrogen-bond acceptors (Lipinski definition) is 4. The number of nitrogens with zero attached hydrogens (tertiary/aromatic N) is 1. The molecular weight excluding hydrogens is 344 g/mol. The number of benzene rings is 2. The number of carbonyl (C=O) groups is 3. The van der Waals surface area contributed by atoms with Gasteiger partial charge in [-0.15, -0.1) is 0 Å². The zero-order valence-corrected chi connectivity index (χ0v) is 15.2. The molecule has 3 amide bonds. The highest BCUT2D eigenvalue weighted by Crippen LogP contribution is 2.32. The Morgan fingerprint density at radius 2 is 1.89 bits per heavy atom. The van der Waals surface area contributed by atoms with Crippen molar-refractivity contribution < 1.29 is 19.1 Å². The van der Waals surface area contributed by atoms with E-state index in [9.17, 15) is 14.4 Å². The molecule has 1 N–H and O–H groups in total. The number of imide groups is 1. The number of ether oxygens (including phenoxy) is 1. The number of fused-ring (bicyclic) bond motifs is 2. The second-order valence-corrected chi connectivity index (χ2v) is 6.94. The molecule has 0 radical (unpaired) electrons. The van der Waals surface area contributed by atoms with Gasteiger partial charge in [-0.05, 0) is 32.0 Å². The number of hydrogen-bond donors (Lipinski definition) is 1. The Morgan fingerprint density at radius 1 is 1.15 bits per heavy atom. The van der Waals surface area contributed by atoms with Gasteiger partial charge in [0.25, 0.3) is 11.8 Å². The van der Waals surface area contributed by atoms with E-state index in [0.717, 1.165) is 21.8 Å². The van der Waals surface area contributed by atoms with Gasteiger partial charge in [-0.1, -0.05) is 29.8 Å². The molecule has 0 aliphatic carbocycles. The Bertz CT molecular complexity index is 953. The normalized spacial score (nSPS) is 19.2. The van der Waals surface area contributed by atoms with Crippen LogP contribution < -0.4 is 10.1 Å². The number of carbonyl (C=O) groups excluding carboxylic acids is 3. The minimum Gasteiger partial charge on any atom is -0.493 e. The zero-order chi connectivity index (χ0) is 19.1. The maximum atomic E-state index is 12.8. The van der Waals surface area contributed by atoms with Crippen LogP contribution in [0.25, 0.3) is 0 Å². The number of para-hydroxylation sites is 1. The van der Waals surface area contributed by atoms with Gasteiger partial charge in [0.15, 0.2) is 0 Å². The lowest BCUT2D eigenvalue weighted by Gasteiger charge is -2.29. The summed E-state index contributed by atoms with van der Waals surface area (Å²) in [5.41, 5.74) is 2.51. The van der Waals surface area contributed by atoms with E-state index < -0.39 is 17.9 Å². The van der Waals surface area contributed by atoms with Crippen molar-refractivity contribution >= 4 is 17.7 Å². The van der Waals surface area contributed by atoms with Crippen LogP contribution in [-0.2, 0) is 4.79 Å². The van der Waals surface area contributed by atoms with Gasteiger partial charge in [0.2, 0.25) is 5.91 Å². The van der Waals surface area contributed by atoms with E-state index in [0.29, 0.717) is 24.2 Å². The molecule has 0 saturated carbocycles. The highest BCUT2D eigenvalue weighted by atomic mass is 16.5. The first-order valence-corrected chi connectivity index (χ1v) is 8.98. The molecule has 4 rings (SSSR count). The fourth-order valence-corrected chi connectivity index (χ4v) is 3.63. The standard InChI is InChI=1S/C21H20N2O4/c1-12-7-8-14-16(11-12)21(26)23(20(14)25)13(2)19(24)22-17-9-10-27-18-6-4-3-5-15(17)18/h3-8,11,13,17H,9-10H2,1-2H3,(H,22,24)/t13-,17-/m0/s1. The second kappa shape index (κ2) is 6.54. The monoisotopic (exact) mass is 364 g/mol. The molecular formula is C21H20N2O4. The molecule has 2 aliphatic heterocycles. The molecule has 2 heterocycles. The summed E-state index contributed by atoms with van der Waals surface area (Å²) >= 11 is 0. The maximum absolute atomic E-state index is 12.8. The number of nitrogens with one attached hydrogen (secondary N) is 1. The van der Waals surface area contributed by atoms with Crippen LogP contribution in [-0.4, -0.2) is 35.3 Å². The maximum Gasteiger partial charge on any atom is 0.262 e. The lowest BCUT2D eigenvalue weighted by atomic mass is 10.00. The van der Waals surface area contributed by atoms with E-state index in [2.05, 4.69) is 5.32 Å². The van der Waals surface area contributed by atoms with E-state index in [4.69, 9.17) is 4.74 Å². The Labute approximate surface area is 157 Å². The van der Waals surface area contributed by atoms with Gasteiger partial charge >= 0.3 is 0 Å². The smallest absolute Gasteiger partial charge is 0.262 e. The number of amides is 3.